The Balaban J connectivity index is 2.17. The number of aromatic nitrogens is 1. The minimum atomic E-state index is -0.243. The van der Waals surface area contributed by atoms with Crippen LogP contribution in [0.4, 0.5) is 5.82 Å². The number of pyridine rings is 1. The van der Waals surface area contributed by atoms with E-state index in [4.69, 9.17) is 0 Å². The van der Waals surface area contributed by atoms with Crippen LogP contribution in [0.15, 0.2) is 22.8 Å². The van der Waals surface area contributed by atoms with Gasteiger partial charge in [-0.15, -0.1) is 0 Å². The summed E-state index contributed by atoms with van der Waals surface area (Å²) in [6.07, 6.45) is 4.72. The largest absolute Gasteiger partial charge is 0.393 e. The molecule has 3 nitrogen and oxygen atoms in total. The van der Waals surface area contributed by atoms with Crippen molar-refractivity contribution in [1.29, 1.82) is 0 Å². The highest BCUT2D eigenvalue weighted by Crippen LogP contribution is 2.31. The molecule has 4 heteroatoms. The molecular weight excluding hydrogens is 268 g/mol. The summed E-state index contributed by atoms with van der Waals surface area (Å²) in [6.45, 7) is 2.89. The molecule has 0 unspecified atom stereocenters. The maximum atomic E-state index is 9.49. The minimum absolute atomic E-state index is 0.243. The third-order valence-electron chi connectivity index (χ3n) is 3.00. The predicted molar refractivity (Wildman–Crippen MR) is 68.6 cm³/mol. The molecule has 0 bridgehead atoms. The lowest BCUT2D eigenvalue weighted by atomic mass is 10.1. The standard InChI is InChI=1S/C12H17BrN2O/c1-9(16)8-10-4-3-7-15(10)12-11(13)5-2-6-14-12/h2,5-6,9-10,16H,3-4,7-8H2,1H3/t9-,10-/m0/s1. The average Bonchev–Trinajstić information content (AvgIpc) is 2.66. The van der Waals surface area contributed by atoms with Crippen molar-refractivity contribution >= 4 is 21.7 Å². The molecular formula is C12H17BrN2O. The highest BCUT2D eigenvalue weighted by atomic mass is 79.9. The highest BCUT2D eigenvalue weighted by Gasteiger charge is 2.27. The Kier molecular flexibility index (Phi) is 3.82. The number of hydrogen-bond acceptors (Lipinski definition) is 3. The van der Waals surface area contributed by atoms with Crippen LogP contribution in [-0.2, 0) is 0 Å². The Morgan fingerprint density at radius 1 is 1.69 bits per heavy atom. The fourth-order valence-electron chi connectivity index (χ4n) is 2.34. The third-order valence-corrected chi connectivity index (χ3v) is 3.62. The smallest absolute Gasteiger partial charge is 0.143 e. The summed E-state index contributed by atoms with van der Waals surface area (Å²) in [5, 5.41) is 9.49. The first-order chi connectivity index (χ1) is 7.68. The van der Waals surface area contributed by atoms with Crippen LogP contribution < -0.4 is 4.90 Å². The van der Waals surface area contributed by atoms with Gasteiger partial charge in [-0.3, -0.25) is 0 Å². The van der Waals surface area contributed by atoms with Crippen LogP contribution in [0.1, 0.15) is 26.2 Å². The summed E-state index contributed by atoms with van der Waals surface area (Å²) in [4.78, 5) is 6.72. The lowest BCUT2D eigenvalue weighted by Crippen LogP contribution is -2.32. The predicted octanol–water partition coefficient (Wildman–Crippen LogP) is 2.58. The van der Waals surface area contributed by atoms with Gasteiger partial charge in [0, 0.05) is 18.8 Å². The van der Waals surface area contributed by atoms with Crippen molar-refractivity contribution < 1.29 is 5.11 Å². The monoisotopic (exact) mass is 284 g/mol. The van der Waals surface area contributed by atoms with Crippen LogP contribution in [0.5, 0.6) is 0 Å². The fourth-order valence-corrected chi connectivity index (χ4v) is 2.82. The normalized spacial score (nSPS) is 22.4. The molecule has 88 valence electrons. The molecule has 2 atom stereocenters. The van der Waals surface area contributed by atoms with Gasteiger partial charge >= 0.3 is 0 Å². The summed E-state index contributed by atoms with van der Waals surface area (Å²) in [7, 11) is 0. The van der Waals surface area contributed by atoms with Gasteiger partial charge in [0.25, 0.3) is 0 Å². The summed E-state index contributed by atoms with van der Waals surface area (Å²) >= 11 is 3.53. The molecule has 0 amide bonds. The number of halogens is 1. The van der Waals surface area contributed by atoms with E-state index in [2.05, 4.69) is 25.8 Å². The average molecular weight is 285 g/mol. The van der Waals surface area contributed by atoms with Gasteiger partial charge in [-0.25, -0.2) is 4.98 Å². The zero-order chi connectivity index (χ0) is 11.5. The number of nitrogens with zero attached hydrogens (tertiary/aromatic N) is 2. The molecule has 2 heterocycles. The van der Waals surface area contributed by atoms with E-state index in [1.165, 1.54) is 6.42 Å². The van der Waals surface area contributed by atoms with Crippen molar-refractivity contribution in [3.63, 3.8) is 0 Å². The molecule has 1 N–H and O–H groups in total. The van der Waals surface area contributed by atoms with E-state index in [1.807, 2.05) is 25.3 Å². The Bertz CT molecular complexity index is 357. The van der Waals surface area contributed by atoms with E-state index in [-0.39, 0.29) is 6.10 Å². The second-order valence-electron chi connectivity index (χ2n) is 4.38. The second kappa shape index (κ2) is 5.15. The Labute approximate surface area is 105 Å². The summed E-state index contributed by atoms with van der Waals surface area (Å²) < 4.78 is 1.03. The molecule has 0 saturated carbocycles. The maximum absolute atomic E-state index is 9.49. The summed E-state index contributed by atoms with van der Waals surface area (Å²) in [6, 6.07) is 4.36. The van der Waals surface area contributed by atoms with Crippen LogP contribution in [0.3, 0.4) is 0 Å². The zero-order valence-corrected chi connectivity index (χ0v) is 11.0. The Morgan fingerprint density at radius 3 is 3.19 bits per heavy atom. The first-order valence-electron chi connectivity index (χ1n) is 5.73. The molecule has 1 fully saturated rings. The van der Waals surface area contributed by atoms with Crippen LogP contribution in [0.25, 0.3) is 0 Å². The molecule has 1 aliphatic heterocycles. The van der Waals surface area contributed by atoms with Crippen molar-refractivity contribution in [2.45, 2.75) is 38.3 Å². The van der Waals surface area contributed by atoms with E-state index in [9.17, 15) is 5.11 Å². The summed E-state index contributed by atoms with van der Waals surface area (Å²) in [5.74, 6) is 1.01. The molecule has 16 heavy (non-hydrogen) atoms. The van der Waals surface area contributed by atoms with Crippen LogP contribution >= 0.6 is 15.9 Å². The van der Waals surface area contributed by atoms with Gasteiger partial charge in [-0.05, 0) is 54.2 Å². The zero-order valence-electron chi connectivity index (χ0n) is 9.43. The van der Waals surface area contributed by atoms with Crippen LogP contribution in [0, 0.1) is 0 Å². The van der Waals surface area contributed by atoms with Gasteiger partial charge in [0.1, 0.15) is 5.82 Å². The van der Waals surface area contributed by atoms with E-state index in [0.717, 1.165) is 29.7 Å². The van der Waals surface area contributed by atoms with Gasteiger partial charge in [-0.2, -0.15) is 0 Å². The van der Waals surface area contributed by atoms with E-state index in [0.29, 0.717) is 6.04 Å². The molecule has 1 aliphatic rings. The molecule has 0 radical (unpaired) electrons. The molecule has 0 aromatic carbocycles. The lowest BCUT2D eigenvalue weighted by Gasteiger charge is -2.27. The third kappa shape index (κ3) is 2.55. The van der Waals surface area contributed by atoms with Crippen molar-refractivity contribution in [2.75, 3.05) is 11.4 Å². The molecule has 2 rings (SSSR count). The summed E-state index contributed by atoms with van der Waals surface area (Å²) in [5.41, 5.74) is 0. The molecule has 1 saturated heterocycles. The van der Waals surface area contributed by atoms with Gasteiger partial charge in [0.05, 0.1) is 10.6 Å². The lowest BCUT2D eigenvalue weighted by molar-refractivity contribution is 0.175. The van der Waals surface area contributed by atoms with Gasteiger partial charge in [-0.1, -0.05) is 0 Å². The quantitative estimate of drug-likeness (QED) is 0.927. The maximum Gasteiger partial charge on any atom is 0.143 e. The van der Waals surface area contributed by atoms with E-state index >= 15 is 0 Å². The number of hydrogen-bond donors (Lipinski definition) is 1. The van der Waals surface area contributed by atoms with Crippen molar-refractivity contribution in [3.8, 4) is 0 Å². The highest BCUT2D eigenvalue weighted by molar-refractivity contribution is 9.10. The molecule has 1 aromatic heterocycles. The van der Waals surface area contributed by atoms with Gasteiger partial charge in [0.15, 0.2) is 0 Å². The van der Waals surface area contributed by atoms with Gasteiger partial charge < -0.3 is 10.0 Å². The van der Waals surface area contributed by atoms with E-state index < -0.39 is 0 Å². The van der Waals surface area contributed by atoms with Gasteiger partial charge in [0.2, 0.25) is 0 Å². The fraction of sp³-hybridized carbons (Fsp3) is 0.583. The number of aliphatic hydroxyl groups is 1. The first-order valence-corrected chi connectivity index (χ1v) is 6.53. The first kappa shape index (κ1) is 11.9. The topological polar surface area (TPSA) is 36.4 Å². The van der Waals surface area contributed by atoms with Crippen molar-refractivity contribution in [2.24, 2.45) is 0 Å². The molecule has 0 spiro atoms. The Hall–Kier alpha value is -0.610. The van der Waals surface area contributed by atoms with E-state index in [1.54, 1.807) is 0 Å². The molecule has 1 aromatic rings. The van der Waals surface area contributed by atoms with Crippen molar-refractivity contribution in [1.82, 2.24) is 4.98 Å². The molecule has 0 aliphatic carbocycles. The minimum Gasteiger partial charge on any atom is -0.393 e. The second-order valence-corrected chi connectivity index (χ2v) is 5.24. The van der Waals surface area contributed by atoms with Crippen LogP contribution in [0.2, 0.25) is 0 Å². The van der Waals surface area contributed by atoms with Crippen molar-refractivity contribution in [3.05, 3.63) is 22.8 Å². The van der Waals surface area contributed by atoms with Crippen LogP contribution in [-0.4, -0.2) is 28.8 Å². The number of rotatable bonds is 3. The SMILES string of the molecule is C[C@H](O)C[C@@H]1CCCN1c1ncccc1Br. The Morgan fingerprint density at radius 2 is 2.50 bits per heavy atom. The number of aliphatic hydroxyl groups excluding tert-OH is 1. The number of anilines is 1.